The summed E-state index contributed by atoms with van der Waals surface area (Å²) in [6.07, 6.45) is 1.76. The van der Waals surface area contributed by atoms with Gasteiger partial charge in [-0.25, -0.2) is 4.39 Å². The molecular weight excluding hydrogens is 315 g/mol. The van der Waals surface area contributed by atoms with E-state index in [1.807, 2.05) is 0 Å². The van der Waals surface area contributed by atoms with Crippen molar-refractivity contribution in [3.8, 4) is 0 Å². The molecule has 0 bridgehead atoms. The second-order valence-electron chi connectivity index (χ2n) is 5.38. The number of piperidine rings is 1. The lowest BCUT2D eigenvalue weighted by Gasteiger charge is -2.33. The van der Waals surface area contributed by atoms with E-state index in [0.717, 1.165) is 12.8 Å². The minimum Gasteiger partial charge on any atom is -0.207 e. The van der Waals surface area contributed by atoms with E-state index in [4.69, 9.17) is 11.6 Å². The highest BCUT2D eigenvalue weighted by molar-refractivity contribution is 7.86. The lowest BCUT2D eigenvalue weighted by molar-refractivity contribution is 0.264. The van der Waals surface area contributed by atoms with Crippen molar-refractivity contribution in [2.75, 3.05) is 26.0 Å². The summed E-state index contributed by atoms with van der Waals surface area (Å²) in [4.78, 5) is 0. The molecule has 1 heterocycles. The highest BCUT2D eigenvalue weighted by Crippen LogP contribution is 2.22. The van der Waals surface area contributed by atoms with E-state index >= 15 is 0 Å². The minimum absolute atomic E-state index is 0.0248. The molecule has 0 N–H and O–H groups in total. The van der Waals surface area contributed by atoms with Crippen molar-refractivity contribution in [1.82, 2.24) is 8.61 Å². The van der Waals surface area contributed by atoms with Crippen molar-refractivity contribution in [2.45, 2.75) is 19.4 Å². The van der Waals surface area contributed by atoms with E-state index in [-0.39, 0.29) is 12.5 Å². The Labute approximate surface area is 130 Å². The topological polar surface area (TPSA) is 40.6 Å². The molecule has 1 saturated heterocycles. The van der Waals surface area contributed by atoms with E-state index in [0.29, 0.717) is 24.5 Å². The summed E-state index contributed by atoms with van der Waals surface area (Å²) in [5, 5.41) is 0. The van der Waals surface area contributed by atoms with Gasteiger partial charge in [-0.2, -0.15) is 17.0 Å². The van der Waals surface area contributed by atoms with Crippen molar-refractivity contribution in [1.29, 1.82) is 0 Å². The van der Waals surface area contributed by atoms with Crippen LogP contribution in [0, 0.1) is 11.7 Å². The van der Waals surface area contributed by atoms with E-state index in [1.165, 1.54) is 21.7 Å². The summed E-state index contributed by atoms with van der Waals surface area (Å²) in [6, 6.07) is 6.21. The molecular formula is C14H20ClFN2O2S. The quantitative estimate of drug-likeness (QED) is 0.776. The van der Waals surface area contributed by atoms with Gasteiger partial charge in [0.2, 0.25) is 0 Å². The molecule has 1 atom stereocenters. The molecule has 0 saturated carbocycles. The van der Waals surface area contributed by atoms with Crippen LogP contribution >= 0.6 is 11.6 Å². The summed E-state index contributed by atoms with van der Waals surface area (Å²) in [6.45, 7) is 0.960. The van der Waals surface area contributed by atoms with Gasteiger partial charge in [0.05, 0.1) is 0 Å². The van der Waals surface area contributed by atoms with Gasteiger partial charge in [0.15, 0.2) is 0 Å². The molecule has 0 amide bonds. The zero-order valence-corrected chi connectivity index (χ0v) is 13.6. The van der Waals surface area contributed by atoms with Gasteiger partial charge in [-0.1, -0.05) is 18.2 Å². The van der Waals surface area contributed by atoms with Crippen LogP contribution in [-0.2, 0) is 16.8 Å². The predicted molar refractivity (Wildman–Crippen MR) is 81.8 cm³/mol. The summed E-state index contributed by atoms with van der Waals surface area (Å²) in [5.74, 6) is 0.261. The fourth-order valence-corrected chi connectivity index (χ4v) is 4.21. The average molecular weight is 335 g/mol. The maximum absolute atomic E-state index is 13.6. The van der Waals surface area contributed by atoms with Crippen molar-refractivity contribution in [3.63, 3.8) is 0 Å². The van der Waals surface area contributed by atoms with E-state index in [2.05, 4.69) is 0 Å². The van der Waals surface area contributed by atoms with E-state index < -0.39 is 16.0 Å². The molecule has 0 aliphatic carbocycles. The highest BCUT2D eigenvalue weighted by atomic mass is 35.5. The molecule has 118 valence electrons. The molecule has 0 radical (unpaired) electrons. The standard InChI is InChI=1S/C14H20ClFN2O2S/c1-17(11-13-6-2-3-7-14(13)16)21(19,20)18-8-4-5-12(9-15)10-18/h2-3,6-7,12H,4-5,8-11H2,1H3. The third-order valence-corrected chi connectivity index (χ3v) is 6.11. The second-order valence-corrected chi connectivity index (χ2v) is 7.72. The zero-order chi connectivity index (χ0) is 15.5. The van der Waals surface area contributed by atoms with Crippen LogP contribution in [0.3, 0.4) is 0 Å². The number of benzene rings is 1. The normalized spacial score (nSPS) is 20.9. The third-order valence-electron chi connectivity index (χ3n) is 3.77. The van der Waals surface area contributed by atoms with Crippen molar-refractivity contribution in [2.24, 2.45) is 5.92 Å². The van der Waals surface area contributed by atoms with Gasteiger partial charge in [-0.3, -0.25) is 0 Å². The summed E-state index contributed by atoms with van der Waals surface area (Å²) < 4.78 is 41.4. The molecule has 0 aromatic heterocycles. The molecule has 21 heavy (non-hydrogen) atoms. The second kappa shape index (κ2) is 7.05. The van der Waals surface area contributed by atoms with Crippen LogP contribution < -0.4 is 0 Å². The first-order chi connectivity index (χ1) is 9.95. The molecule has 1 fully saturated rings. The first-order valence-electron chi connectivity index (χ1n) is 6.96. The van der Waals surface area contributed by atoms with Crippen molar-refractivity contribution < 1.29 is 12.8 Å². The van der Waals surface area contributed by atoms with Crippen LogP contribution in [0.1, 0.15) is 18.4 Å². The first kappa shape index (κ1) is 16.7. The molecule has 4 nitrogen and oxygen atoms in total. The molecule has 7 heteroatoms. The van der Waals surface area contributed by atoms with Crippen LogP contribution in [0.15, 0.2) is 24.3 Å². The number of hydrogen-bond acceptors (Lipinski definition) is 2. The van der Waals surface area contributed by atoms with Crippen molar-refractivity contribution in [3.05, 3.63) is 35.6 Å². The predicted octanol–water partition coefficient (Wildman–Crippen LogP) is 2.45. The Morgan fingerprint density at radius 3 is 2.81 bits per heavy atom. The maximum Gasteiger partial charge on any atom is 0.282 e. The van der Waals surface area contributed by atoms with Crippen LogP contribution in [0.2, 0.25) is 0 Å². The molecule has 2 rings (SSSR count). The van der Waals surface area contributed by atoms with Gasteiger partial charge in [0.25, 0.3) is 10.2 Å². The van der Waals surface area contributed by atoms with Gasteiger partial charge in [-0.05, 0) is 24.8 Å². The Kier molecular flexibility index (Phi) is 5.60. The molecule has 1 aromatic rings. The highest BCUT2D eigenvalue weighted by Gasteiger charge is 2.31. The van der Waals surface area contributed by atoms with Gasteiger partial charge >= 0.3 is 0 Å². The minimum atomic E-state index is -3.58. The number of hydrogen-bond donors (Lipinski definition) is 0. The van der Waals surface area contributed by atoms with Gasteiger partial charge < -0.3 is 0 Å². The van der Waals surface area contributed by atoms with Crippen LogP contribution in [0.25, 0.3) is 0 Å². The average Bonchev–Trinajstić information content (AvgIpc) is 2.49. The monoisotopic (exact) mass is 334 g/mol. The summed E-state index contributed by atoms with van der Waals surface area (Å²) in [5.41, 5.74) is 0.370. The molecule has 0 spiro atoms. The first-order valence-corrected chi connectivity index (χ1v) is 8.89. The van der Waals surface area contributed by atoms with Crippen LogP contribution in [0.4, 0.5) is 4.39 Å². The lowest BCUT2D eigenvalue weighted by atomic mass is 10.0. The van der Waals surface area contributed by atoms with E-state index in [9.17, 15) is 12.8 Å². The number of rotatable bonds is 5. The van der Waals surface area contributed by atoms with Crippen molar-refractivity contribution >= 4 is 21.8 Å². The Morgan fingerprint density at radius 1 is 1.43 bits per heavy atom. The number of nitrogens with zero attached hydrogens (tertiary/aromatic N) is 2. The molecule has 1 aliphatic rings. The van der Waals surface area contributed by atoms with Gasteiger partial charge in [0.1, 0.15) is 5.82 Å². The summed E-state index contributed by atoms with van der Waals surface area (Å²) in [7, 11) is -2.10. The Bertz CT molecular complexity index is 582. The van der Waals surface area contributed by atoms with Gasteiger partial charge in [0, 0.05) is 38.1 Å². The SMILES string of the molecule is CN(Cc1ccccc1F)S(=O)(=O)N1CCCC(CCl)C1. The maximum atomic E-state index is 13.6. The lowest BCUT2D eigenvalue weighted by Crippen LogP contribution is -2.46. The summed E-state index contributed by atoms with van der Waals surface area (Å²) >= 11 is 5.84. The van der Waals surface area contributed by atoms with Gasteiger partial charge in [-0.15, -0.1) is 11.6 Å². The molecule has 1 aromatic carbocycles. The fourth-order valence-electron chi connectivity index (χ4n) is 2.51. The largest absolute Gasteiger partial charge is 0.282 e. The number of halogens is 2. The molecule has 1 aliphatic heterocycles. The Balaban J connectivity index is 2.10. The Morgan fingerprint density at radius 2 is 2.14 bits per heavy atom. The van der Waals surface area contributed by atoms with E-state index in [1.54, 1.807) is 18.2 Å². The number of alkyl halides is 1. The third kappa shape index (κ3) is 3.94. The van der Waals surface area contributed by atoms with Crippen LogP contribution in [0.5, 0.6) is 0 Å². The molecule has 1 unspecified atom stereocenters. The Hall–Kier alpha value is -0.690. The zero-order valence-electron chi connectivity index (χ0n) is 12.0. The van der Waals surface area contributed by atoms with Crippen LogP contribution in [-0.4, -0.2) is 43.0 Å². The fraction of sp³-hybridized carbons (Fsp3) is 0.571. The smallest absolute Gasteiger partial charge is 0.207 e.